The van der Waals surface area contributed by atoms with Crippen LogP contribution in [0.15, 0.2) is 53.7 Å². The molecule has 1 amide bonds. The molecule has 0 unspecified atom stereocenters. The van der Waals surface area contributed by atoms with Crippen LogP contribution < -0.4 is 0 Å². The Bertz CT molecular complexity index is 939. The highest BCUT2D eigenvalue weighted by molar-refractivity contribution is 7.89. The minimum Gasteiger partial charge on any atom is -0.379 e. The number of hydrogen-bond donors (Lipinski definition) is 0. The van der Waals surface area contributed by atoms with Crippen LogP contribution in [-0.2, 0) is 21.3 Å². The molecule has 148 valence electrons. The van der Waals surface area contributed by atoms with Crippen LogP contribution in [0.5, 0.6) is 0 Å². The highest BCUT2D eigenvalue weighted by atomic mass is 32.2. The Morgan fingerprint density at radius 3 is 2.64 bits per heavy atom. The van der Waals surface area contributed by atoms with Gasteiger partial charge in [-0.15, -0.1) is 0 Å². The van der Waals surface area contributed by atoms with Crippen LogP contribution in [0.1, 0.15) is 28.8 Å². The number of carbonyl (C=O) groups excluding carboxylic acids is 1. The molecule has 0 bridgehead atoms. The second kappa shape index (κ2) is 7.98. The molecular formula is C20H23N3O4S. The van der Waals surface area contributed by atoms with E-state index in [0.717, 1.165) is 18.4 Å². The summed E-state index contributed by atoms with van der Waals surface area (Å²) in [6, 6.07) is 10.3. The minimum atomic E-state index is -3.63. The van der Waals surface area contributed by atoms with Gasteiger partial charge in [0.15, 0.2) is 0 Å². The van der Waals surface area contributed by atoms with Crippen molar-refractivity contribution >= 4 is 15.9 Å². The molecule has 1 saturated carbocycles. The average molecular weight is 401 g/mol. The zero-order chi connectivity index (χ0) is 19.6. The Balaban J connectivity index is 1.58. The zero-order valence-electron chi connectivity index (χ0n) is 15.5. The lowest BCUT2D eigenvalue weighted by molar-refractivity contribution is 0.0725. The number of carbonyl (C=O) groups is 1. The van der Waals surface area contributed by atoms with Gasteiger partial charge in [-0.3, -0.25) is 9.78 Å². The van der Waals surface area contributed by atoms with E-state index in [-0.39, 0.29) is 16.8 Å². The largest absolute Gasteiger partial charge is 0.379 e. The van der Waals surface area contributed by atoms with E-state index in [2.05, 4.69) is 4.98 Å². The van der Waals surface area contributed by atoms with Gasteiger partial charge in [0.1, 0.15) is 0 Å². The summed E-state index contributed by atoms with van der Waals surface area (Å²) in [7, 11) is -3.63. The minimum absolute atomic E-state index is 0.148. The molecule has 0 spiro atoms. The molecule has 1 aliphatic heterocycles. The van der Waals surface area contributed by atoms with E-state index in [4.69, 9.17) is 4.74 Å². The lowest BCUT2D eigenvalue weighted by Gasteiger charge is -2.26. The van der Waals surface area contributed by atoms with E-state index < -0.39 is 10.0 Å². The fourth-order valence-electron chi connectivity index (χ4n) is 3.33. The van der Waals surface area contributed by atoms with Crippen LogP contribution in [-0.4, -0.2) is 60.9 Å². The maximum absolute atomic E-state index is 13.2. The number of ether oxygens (including phenoxy) is 1. The molecular weight excluding hydrogens is 378 g/mol. The van der Waals surface area contributed by atoms with E-state index in [1.165, 1.54) is 10.4 Å². The summed E-state index contributed by atoms with van der Waals surface area (Å²) in [5.74, 6) is -0.148. The summed E-state index contributed by atoms with van der Waals surface area (Å²) in [4.78, 5) is 19.2. The van der Waals surface area contributed by atoms with Crippen molar-refractivity contribution in [2.45, 2.75) is 30.3 Å². The van der Waals surface area contributed by atoms with Gasteiger partial charge in [-0.1, -0.05) is 12.1 Å². The first-order valence-electron chi connectivity index (χ1n) is 9.43. The number of aromatic nitrogens is 1. The Morgan fingerprint density at radius 2 is 1.96 bits per heavy atom. The Kier molecular flexibility index (Phi) is 5.43. The van der Waals surface area contributed by atoms with Crippen LogP contribution in [0, 0.1) is 0 Å². The first kappa shape index (κ1) is 19.0. The van der Waals surface area contributed by atoms with Gasteiger partial charge < -0.3 is 9.64 Å². The first-order chi connectivity index (χ1) is 13.6. The number of pyridine rings is 1. The topological polar surface area (TPSA) is 79.8 Å². The number of amides is 1. The molecule has 0 atom stereocenters. The number of hydrogen-bond acceptors (Lipinski definition) is 5. The average Bonchev–Trinajstić information content (AvgIpc) is 3.58. The lowest BCUT2D eigenvalue weighted by Crippen LogP contribution is -2.40. The third-order valence-corrected chi connectivity index (χ3v) is 6.91. The standard InChI is InChI=1S/C20H23N3O4S/c24-20(23(18-6-7-18)15-16-3-2-8-21-14-16)17-4-1-5-19(13-17)28(25,26)22-9-11-27-12-10-22/h1-5,8,13-14,18H,6-7,9-12,15H2. The quantitative estimate of drug-likeness (QED) is 0.739. The normalized spacial score (nSPS) is 18.0. The number of nitrogens with zero attached hydrogens (tertiary/aromatic N) is 3. The molecule has 8 heteroatoms. The van der Waals surface area contributed by atoms with E-state index in [9.17, 15) is 13.2 Å². The van der Waals surface area contributed by atoms with Gasteiger partial charge in [0, 0.05) is 43.6 Å². The summed E-state index contributed by atoms with van der Waals surface area (Å²) in [5, 5.41) is 0. The maximum Gasteiger partial charge on any atom is 0.254 e. The van der Waals surface area contributed by atoms with Gasteiger partial charge in [-0.2, -0.15) is 4.31 Å². The van der Waals surface area contributed by atoms with Gasteiger partial charge >= 0.3 is 0 Å². The predicted octanol–water partition coefficient (Wildman–Crippen LogP) is 1.91. The summed E-state index contributed by atoms with van der Waals surface area (Å²) in [6.45, 7) is 1.90. The van der Waals surface area contributed by atoms with Crippen LogP contribution in [0.3, 0.4) is 0 Å². The molecule has 1 aliphatic carbocycles. The van der Waals surface area contributed by atoms with Crippen molar-refractivity contribution in [3.63, 3.8) is 0 Å². The number of sulfonamides is 1. The van der Waals surface area contributed by atoms with Gasteiger partial charge in [-0.05, 0) is 42.7 Å². The second-order valence-electron chi connectivity index (χ2n) is 7.07. The first-order valence-corrected chi connectivity index (χ1v) is 10.9. The third-order valence-electron chi connectivity index (χ3n) is 5.01. The number of morpholine rings is 1. The molecule has 1 aromatic carbocycles. The van der Waals surface area contributed by atoms with Crippen molar-refractivity contribution in [3.05, 3.63) is 59.9 Å². The Labute approximate surface area is 165 Å². The van der Waals surface area contributed by atoms with Gasteiger partial charge in [0.05, 0.1) is 18.1 Å². The summed E-state index contributed by atoms with van der Waals surface area (Å²) < 4.78 is 32.5. The molecule has 1 saturated heterocycles. The van der Waals surface area contributed by atoms with Crippen molar-refractivity contribution in [2.24, 2.45) is 0 Å². The van der Waals surface area contributed by atoms with Crippen LogP contribution in [0.2, 0.25) is 0 Å². The van der Waals surface area contributed by atoms with E-state index in [0.29, 0.717) is 38.4 Å². The fourth-order valence-corrected chi connectivity index (χ4v) is 4.79. The van der Waals surface area contributed by atoms with Crippen molar-refractivity contribution in [1.29, 1.82) is 0 Å². The molecule has 0 N–H and O–H groups in total. The fraction of sp³-hybridized carbons (Fsp3) is 0.400. The molecule has 4 rings (SSSR count). The summed E-state index contributed by atoms with van der Waals surface area (Å²) in [6.07, 6.45) is 5.39. The number of rotatable bonds is 6. The highest BCUT2D eigenvalue weighted by Gasteiger charge is 2.34. The third kappa shape index (κ3) is 4.09. The van der Waals surface area contributed by atoms with Crippen molar-refractivity contribution in [2.75, 3.05) is 26.3 Å². The Hall–Kier alpha value is -2.29. The molecule has 1 aromatic heterocycles. The molecule has 2 aliphatic rings. The molecule has 2 fully saturated rings. The molecule has 2 aromatic rings. The van der Waals surface area contributed by atoms with E-state index in [1.54, 1.807) is 30.6 Å². The van der Waals surface area contributed by atoms with Crippen LogP contribution in [0.25, 0.3) is 0 Å². The molecule has 7 nitrogen and oxygen atoms in total. The summed E-state index contributed by atoms with van der Waals surface area (Å²) in [5.41, 5.74) is 1.35. The van der Waals surface area contributed by atoms with Crippen molar-refractivity contribution in [1.82, 2.24) is 14.2 Å². The molecule has 2 heterocycles. The van der Waals surface area contributed by atoms with Crippen molar-refractivity contribution in [3.8, 4) is 0 Å². The van der Waals surface area contributed by atoms with E-state index >= 15 is 0 Å². The lowest BCUT2D eigenvalue weighted by atomic mass is 10.1. The zero-order valence-corrected chi connectivity index (χ0v) is 16.3. The SMILES string of the molecule is O=C(c1cccc(S(=O)(=O)N2CCOCC2)c1)N(Cc1cccnc1)C1CC1. The maximum atomic E-state index is 13.2. The summed E-state index contributed by atoms with van der Waals surface area (Å²) >= 11 is 0. The molecule has 0 radical (unpaired) electrons. The van der Waals surface area contributed by atoms with E-state index in [1.807, 2.05) is 17.0 Å². The smallest absolute Gasteiger partial charge is 0.254 e. The predicted molar refractivity (Wildman–Crippen MR) is 103 cm³/mol. The Morgan fingerprint density at radius 1 is 1.18 bits per heavy atom. The monoisotopic (exact) mass is 401 g/mol. The van der Waals surface area contributed by atoms with Gasteiger partial charge in [0.25, 0.3) is 5.91 Å². The van der Waals surface area contributed by atoms with Gasteiger partial charge in [0.2, 0.25) is 10.0 Å². The number of benzene rings is 1. The van der Waals surface area contributed by atoms with Crippen LogP contribution >= 0.6 is 0 Å². The molecule has 28 heavy (non-hydrogen) atoms. The van der Waals surface area contributed by atoms with Crippen molar-refractivity contribution < 1.29 is 17.9 Å². The highest BCUT2D eigenvalue weighted by Crippen LogP contribution is 2.30. The van der Waals surface area contributed by atoms with Gasteiger partial charge in [-0.25, -0.2) is 8.42 Å². The van der Waals surface area contributed by atoms with Crippen LogP contribution in [0.4, 0.5) is 0 Å². The second-order valence-corrected chi connectivity index (χ2v) is 9.01.